The van der Waals surface area contributed by atoms with Crippen molar-refractivity contribution in [2.24, 2.45) is 0 Å². The Labute approximate surface area is 189 Å². The second kappa shape index (κ2) is 8.89. The molecule has 0 bridgehead atoms. The molecule has 1 aliphatic rings. The van der Waals surface area contributed by atoms with E-state index in [1.165, 1.54) is 31.4 Å². The molecule has 0 spiro atoms. The topological polar surface area (TPSA) is 90.0 Å². The summed E-state index contributed by atoms with van der Waals surface area (Å²) in [5, 5.41) is -0.395. The molecule has 0 N–H and O–H groups in total. The fourth-order valence-electron chi connectivity index (χ4n) is 3.02. The first-order valence-corrected chi connectivity index (χ1v) is 11.6. The van der Waals surface area contributed by atoms with Crippen LogP contribution in [0.4, 0.5) is 10.5 Å². The number of thioether (sulfide) groups is 1. The highest BCUT2D eigenvalue weighted by Crippen LogP contribution is 2.37. The van der Waals surface area contributed by atoms with Crippen LogP contribution in [0, 0.1) is 0 Å². The van der Waals surface area contributed by atoms with Crippen molar-refractivity contribution < 1.29 is 26.9 Å². The molecular formula is C23H17NO6S2. The van der Waals surface area contributed by atoms with Crippen molar-refractivity contribution in [3.8, 4) is 11.5 Å². The summed E-state index contributed by atoms with van der Waals surface area (Å²) in [6, 6.07) is 21.0. The maximum atomic E-state index is 12.8. The van der Waals surface area contributed by atoms with Crippen molar-refractivity contribution in [2.45, 2.75) is 4.90 Å². The molecule has 3 aromatic rings. The molecule has 0 saturated carbocycles. The third-order valence-electron chi connectivity index (χ3n) is 4.52. The van der Waals surface area contributed by atoms with Gasteiger partial charge >= 0.3 is 10.1 Å². The molecule has 1 fully saturated rings. The van der Waals surface area contributed by atoms with Crippen LogP contribution in [0.1, 0.15) is 5.56 Å². The molecule has 32 heavy (non-hydrogen) atoms. The van der Waals surface area contributed by atoms with E-state index >= 15 is 0 Å². The number of imide groups is 1. The Morgan fingerprint density at radius 1 is 0.875 bits per heavy atom. The largest absolute Gasteiger partial charge is 0.493 e. The zero-order valence-electron chi connectivity index (χ0n) is 16.8. The summed E-state index contributed by atoms with van der Waals surface area (Å²) in [5.74, 6) is -0.261. The summed E-state index contributed by atoms with van der Waals surface area (Å²) in [4.78, 5) is 26.5. The third-order valence-corrected chi connectivity index (χ3v) is 6.64. The minimum atomic E-state index is -4.04. The molecule has 2 amide bonds. The van der Waals surface area contributed by atoms with Crippen molar-refractivity contribution in [1.82, 2.24) is 0 Å². The molecular weight excluding hydrogens is 450 g/mol. The summed E-state index contributed by atoms with van der Waals surface area (Å²) in [5.41, 5.74) is 1.04. The van der Waals surface area contributed by atoms with Gasteiger partial charge in [-0.3, -0.25) is 9.59 Å². The van der Waals surface area contributed by atoms with Gasteiger partial charge in [0, 0.05) is 0 Å². The van der Waals surface area contributed by atoms with E-state index in [0.29, 0.717) is 11.3 Å². The number of nitrogens with zero attached hydrogens (tertiary/aromatic N) is 1. The standard InChI is InChI=1S/C23H17NO6S2/c1-29-20-14-16(12-13-19(20)30-32(27,28)18-10-6-3-7-11-18)15-21-22(25)24(23(26)31-21)17-8-4-2-5-9-17/h2-15H,1H3/b21-15+. The minimum absolute atomic E-state index is 0.00546. The Kier molecular flexibility index (Phi) is 6.02. The van der Waals surface area contributed by atoms with Crippen LogP contribution in [-0.4, -0.2) is 26.7 Å². The van der Waals surface area contributed by atoms with Crippen molar-refractivity contribution in [3.63, 3.8) is 0 Å². The second-order valence-electron chi connectivity index (χ2n) is 6.61. The number of rotatable bonds is 6. The number of ether oxygens (including phenoxy) is 1. The maximum Gasteiger partial charge on any atom is 0.339 e. The molecule has 0 radical (unpaired) electrons. The number of carbonyl (C=O) groups excluding carboxylic acids is 2. The average molecular weight is 468 g/mol. The van der Waals surface area contributed by atoms with Gasteiger partial charge in [-0.25, -0.2) is 4.90 Å². The highest BCUT2D eigenvalue weighted by molar-refractivity contribution is 8.19. The summed E-state index contributed by atoms with van der Waals surface area (Å²) < 4.78 is 35.5. The molecule has 0 aliphatic carbocycles. The number of amides is 2. The van der Waals surface area contributed by atoms with Crippen LogP contribution in [-0.2, 0) is 14.9 Å². The molecule has 162 valence electrons. The Balaban J connectivity index is 1.60. The van der Waals surface area contributed by atoms with E-state index in [4.69, 9.17) is 8.92 Å². The normalized spacial score (nSPS) is 15.3. The predicted molar refractivity (Wildman–Crippen MR) is 122 cm³/mol. The number of carbonyl (C=O) groups is 2. The van der Waals surface area contributed by atoms with Crippen LogP contribution < -0.4 is 13.8 Å². The third kappa shape index (κ3) is 4.39. The number of methoxy groups -OCH3 is 1. The smallest absolute Gasteiger partial charge is 0.339 e. The first-order chi connectivity index (χ1) is 15.4. The van der Waals surface area contributed by atoms with E-state index in [0.717, 1.165) is 16.7 Å². The molecule has 1 aliphatic heterocycles. The zero-order chi connectivity index (χ0) is 22.7. The van der Waals surface area contributed by atoms with E-state index in [9.17, 15) is 18.0 Å². The molecule has 1 heterocycles. The van der Waals surface area contributed by atoms with E-state index in [1.807, 2.05) is 0 Å². The summed E-state index contributed by atoms with van der Waals surface area (Å²) in [7, 11) is -2.66. The lowest BCUT2D eigenvalue weighted by molar-refractivity contribution is -0.113. The van der Waals surface area contributed by atoms with E-state index in [1.54, 1.807) is 60.7 Å². The molecule has 9 heteroatoms. The van der Waals surface area contributed by atoms with E-state index in [2.05, 4.69) is 0 Å². The monoisotopic (exact) mass is 467 g/mol. The highest BCUT2D eigenvalue weighted by Gasteiger charge is 2.36. The molecule has 7 nitrogen and oxygen atoms in total. The molecule has 4 rings (SSSR count). The van der Waals surface area contributed by atoms with Gasteiger partial charge in [0.25, 0.3) is 11.1 Å². The molecule has 3 aromatic carbocycles. The molecule has 1 saturated heterocycles. The van der Waals surface area contributed by atoms with Crippen molar-refractivity contribution in [3.05, 3.63) is 89.3 Å². The SMILES string of the molecule is COc1cc(/C=C2/SC(=O)N(c3ccccc3)C2=O)ccc1OS(=O)(=O)c1ccccc1. The fraction of sp³-hybridized carbons (Fsp3) is 0.0435. The van der Waals surface area contributed by atoms with Gasteiger partial charge in [0.2, 0.25) is 0 Å². The van der Waals surface area contributed by atoms with Gasteiger partial charge in [-0.2, -0.15) is 8.42 Å². The van der Waals surface area contributed by atoms with Crippen LogP contribution >= 0.6 is 11.8 Å². The Morgan fingerprint density at radius 2 is 1.53 bits per heavy atom. The Morgan fingerprint density at radius 3 is 2.19 bits per heavy atom. The molecule has 0 unspecified atom stereocenters. The quantitative estimate of drug-likeness (QED) is 0.383. The average Bonchev–Trinajstić information content (AvgIpc) is 3.08. The summed E-state index contributed by atoms with van der Waals surface area (Å²) in [6.45, 7) is 0. The highest BCUT2D eigenvalue weighted by atomic mass is 32.2. The van der Waals surface area contributed by atoms with Crippen LogP contribution in [0.3, 0.4) is 0 Å². The number of benzene rings is 3. The van der Waals surface area contributed by atoms with Gasteiger partial charge in [0.1, 0.15) is 4.90 Å². The van der Waals surface area contributed by atoms with Gasteiger partial charge in [0.05, 0.1) is 17.7 Å². The van der Waals surface area contributed by atoms with Gasteiger partial charge in [-0.15, -0.1) is 0 Å². The summed E-state index contributed by atoms with van der Waals surface area (Å²) >= 11 is 0.827. The zero-order valence-corrected chi connectivity index (χ0v) is 18.4. The molecule has 0 aromatic heterocycles. The maximum absolute atomic E-state index is 12.8. The number of hydrogen-bond donors (Lipinski definition) is 0. The Bertz CT molecular complexity index is 1300. The van der Waals surface area contributed by atoms with Crippen LogP contribution in [0.15, 0.2) is 88.7 Å². The summed E-state index contributed by atoms with van der Waals surface area (Å²) in [6.07, 6.45) is 1.55. The number of para-hydroxylation sites is 1. The van der Waals surface area contributed by atoms with Crippen molar-refractivity contribution >= 4 is 44.8 Å². The van der Waals surface area contributed by atoms with E-state index < -0.39 is 21.3 Å². The Hall–Kier alpha value is -3.56. The van der Waals surface area contributed by atoms with Crippen LogP contribution in [0.25, 0.3) is 6.08 Å². The van der Waals surface area contributed by atoms with Gasteiger partial charge in [-0.1, -0.05) is 42.5 Å². The number of anilines is 1. The number of hydrogen-bond acceptors (Lipinski definition) is 7. The second-order valence-corrected chi connectivity index (χ2v) is 9.15. The van der Waals surface area contributed by atoms with Gasteiger partial charge in [0.15, 0.2) is 11.5 Å². The lowest BCUT2D eigenvalue weighted by Gasteiger charge is -2.12. The fourth-order valence-corrected chi connectivity index (χ4v) is 4.82. The van der Waals surface area contributed by atoms with Crippen LogP contribution in [0.5, 0.6) is 11.5 Å². The van der Waals surface area contributed by atoms with Crippen molar-refractivity contribution in [2.75, 3.05) is 12.0 Å². The first-order valence-electron chi connectivity index (χ1n) is 9.39. The van der Waals surface area contributed by atoms with Gasteiger partial charge in [-0.05, 0) is 59.8 Å². The molecule has 0 atom stereocenters. The predicted octanol–water partition coefficient (Wildman–Crippen LogP) is 4.70. The van der Waals surface area contributed by atoms with Crippen molar-refractivity contribution in [1.29, 1.82) is 0 Å². The minimum Gasteiger partial charge on any atom is -0.493 e. The lowest BCUT2D eigenvalue weighted by atomic mass is 10.2. The van der Waals surface area contributed by atoms with Gasteiger partial charge < -0.3 is 8.92 Å². The lowest BCUT2D eigenvalue weighted by Crippen LogP contribution is -2.27. The first kappa shape index (κ1) is 21.7. The van der Waals surface area contributed by atoms with E-state index in [-0.39, 0.29) is 21.3 Å². The van der Waals surface area contributed by atoms with Crippen LogP contribution in [0.2, 0.25) is 0 Å².